The fourth-order valence-corrected chi connectivity index (χ4v) is 3.69. The first-order chi connectivity index (χ1) is 13.9. The van der Waals surface area contributed by atoms with Crippen LogP contribution in [0.2, 0.25) is 0 Å². The van der Waals surface area contributed by atoms with E-state index in [1.54, 1.807) is 6.07 Å². The molecule has 9 nitrogen and oxygen atoms in total. The lowest BCUT2D eigenvalue weighted by Crippen LogP contribution is -2.49. The first-order valence-electron chi connectivity index (χ1n) is 9.55. The zero-order valence-corrected chi connectivity index (χ0v) is 17.7. The zero-order chi connectivity index (χ0) is 21.0. The number of hydrogen-bond donors (Lipinski definition) is 1. The number of nitro benzene ring substituents is 1. The molecular formula is C19H26N6O3S. The molecule has 2 aromatic rings. The van der Waals surface area contributed by atoms with E-state index in [2.05, 4.69) is 34.1 Å². The zero-order valence-electron chi connectivity index (χ0n) is 16.9. The van der Waals surface area contributed by atoms with Gasteiger partial charge < -0.3 is 15.0 Å². The molecule has 156 valence electrons. The van der Waals surface area contributed by atoms with Gasteiger partial charge in [0, 0.05) is 56.6 Å². The van der Waals surface area contributed by atoms with Crippen LogP contribution in [-0.2, 0) is 13.1 Å². The summed E-state index contributed by atoms with van der Waals surface area (Å²) < 4.78 is 7.29. The molecule has 1 fully saturated rings. The Bertz CT molecular complexity index is 892. The second-order valence-electron chi connectivity index (χ2n) is 6.91. The third-order valence-electron chi connectivity index (χ3n) is 5.20. The summed E-state index contributed by atoms with van der Waals surface area (Å²) in [6.07, 6.45) is 1.96. The predicted molar refractivity (Wildman–Crippen MR) is 115 cm³/mol. The third kappa shape index (κ3) is 4.83. The maximum Gasteiger partial charge on any atom is 0.273 e. The molecular weight excluding hydrogens is 392 g/mol. The van der Waals surface area contributed by atoms with Crippen molar-refractivity contribution < 1.29 is 9.66 Å². The number of nitrogens with zero attached hydrogens (tertiary/aromatic N) is 5. The van der Waals surface area contributed by atoms with E-state index in [-0.39, 0.29) is 5.69 Å². The average Bonchev–Trinajstić information content (AvgIpc) is 3.08. The Hall–Kier alpha value is -2.72. The molecule has 3 rings (SSSR count). The van der Waals surface area contributed by atoms with Gasteiger partial charge in [0.15, 0.2) is 5.11 Å². The normalized spacial score (nSPS) is 14.7. The van der Waals surface area contributed by atoms with Crippen LogP contribution in [0.15, 0.2) is 24.4 Å². The van der Waals surface area contributed by atoms with Gasteiger partial charge in [-0.2, -0.15) is 5.10 Å². The van der Waals surface area contributed by atoms with Crippen molar-refractivity contribution in [2.24, 2.45) is 0 Å². The number of ether oxygens (including phenoxy) is 1. The molecule has 1 aliphatic rings. The molecule has 0 saturated carbocycles. The van der Waals surface area contributed by atoms with Crippen LogP contribution in [0.3, 0.4) is 0 Å². The molecule has 0 spiro atoms. The quantitative estimate of drug-likeness (QED) is 0.435. The summed E-state index contributed by atoms with van der Waals surface area (Å²) in [5.74, 6) is 0.392. The number of non-ortho nitro benzene ring substituents is 1. The number of aryl methyl sites for hydroxylation is 1. The lowest BCUT2D eigenvalue weighted by Gasteiger charge is -2.36. The number of aromatic nitrogens is 2. The van der Waals surface area contributed by atoms with Crippen LogP contribution in [0.4, 0.5) is 11.4 Å². The highest BCUT2D eigenvalue weighted by atomic mass is 32.1. The number of rotatable bonds is 6. The summed E-state index contributed by atoms with van der Waals surface area (Å²) in [6.45, 7) is 9.38. The van der Waals surface area contributed by atoms with Gasteiger partial charge in [-0.15, -0.1) is 0 Å². The number of methoxy groups -OCH3 is 1. The molecule has 10 heteroatoms. The highest BCUT2D eigenvalue weighted by Gasteiger charge is 2.21. The topological polar surface area (TPSA) is 88.7 Å². The van der Waals surface area contributed by atoms with Crippen LogP contribution in [0, 0.1) is 17.0 Å². The standard InChI is InChI=1S/C19H26N6O3S/c1-4-24-14(2)15(12-20-24)13-22-7-9-23(10-8-22)19(29)21-17-6-5-16(25(26)27)11-18(17)28-3/h5-6,11-12H,4,7-10,13H2,1-3H3,(H,21,29). The summed E-state index contributed by atoms with van der Waals surface area (Å²) in [5, 5.41) is 19.1. The first kappa shape index (κ1) is 21.0. The van der Waals surface area contributed by atoms with Crippen LogP contribution in [0.5, 0.6) is 5.75 Å². The minimum absolute atomic E-state index is 0.0198. The second-order valence-corrected chi connectivity index (χ2v) is 7.29. The van der Waals surface area contributed by atoms with Gasteiger partial charge in [0.1, 0.15) is 5.75 Å². The minimum atomic E-state index is -0.449. The van der Waals surface area contributed by atoms with Crippen molar-refractivity contribution in [3.05, 3.63) is 45.8 Å². The molecule has 1 aliphatic heterocycles. The molecule has 2 heterocycles. The predicted octanol–water partition coefficient (Wildman–Crippen LogP) is 2.64. The molecule has 0 aliphatic carbocycles. The van der Waals surface area contributed by atoms with Crippen molar-refractivity contribution in [1.29, 1.82) is 0 Å². The van der Waals surface area contributed by atoms with Gasteiger partial charge in [0.2, 0.25) is 0 Å². The summed E-state index contributed by atoms with van der Waals surface area (Å²) in [5.41, 5.74) is 3.08. The van der Waals surface area contributed by atoms with Crippen LogP contribution in [0.1, 0.15) is 18.2 Å². The molecule has 29 heavy (non-hydrogen) atoms. The van der Waals surface area contributed by atoms with E-state index in [0.717, 1.165) is 39.3 Å². The van der Waals surface area contributed by atoms with Crippen LogP contribution >= 0.6 is 12.2 Å². The number of nitro groups is 1. The molecule has 1 aromatic carbocycles. The first-order valence-corrected chi connectivity index (χ1v) is 9.95. The summed E-state index contributed by atoms with van der Waals surface area (Å²) in [7, 11) is 1.48. The highest BCUT2D eigenvalue weighted by molar-refractivity contribution is 7.80. The summed E-state index contributed by atoms with van der Waals surface area (Å²) in [6, 6.07) is 4.44. The number of anilines is 1. The Morgan fingerprint density at radius 1 is 1.34 bits per heavy atom. The Balaban J connectivity index is 1.56. The van der Waals surface area contributed by atoms with E-state index >= 15 is 0 Å². The maximum atomic E-state index is 10.9. The average molecular weight is 419 g/mol. The van der Waals surface area contributed by atoms with E-state index in [1.807, 2.05) is 10.9 Å². The molecule has 1 N–H and O–H groups in total. The molecule has 0 amide bonds. The van der Waals surface area contributed by atoms with Crippen molar-refractivity contribution in [2.75, 3.05) is 38.6 Å². The van der Waals surface area contributed by atoms with Gasteiger partial charge in [0.05, 0.1) is 30.0 Å². The summed E-state index contributed by atoms with van der Waals surface area (Å²) in [4.78, 5) is 15.0. The Kier molecular flexibility index (Phi) is 6.65. The highest BCUT2D eigenvalue weighted by Crippen LogP contribution is 2.29. The Morgan fingerprint density at radius 2 is 2.07 bits per heavy atom. The van der Waals surface area contributed by atoms with Crippen molar-refractivity contribution in [3.8, 4) is 5.75 Å². The van der Waals surface area contributed by atoms with Gasteiger partial charge in [-0.05, 0) is 32.1 Å². The minimum Gasteiger partial charge on any atom is -0.494 e. The van der Waals surface area contributed by atoms with Crippen LogP contribution in [-0.4, -0.2) is 62.9 Å². The number of hydrogen-bond acceptors (Lipinski definition) is 6. The molecule has 0 bridgehead atoms. The third-order valence-corrected chi connectivity index (χ3v) is 5.56. The van der Waals surface area contributed by atoms with Gasteiger partial charge in [-0.3, -0.25) is 19.7 Å². The molecule has 0 unspecified atom stereocenters. The van der Waals surface area contributed by atoms with Crippen molar-refractivity contribution in [3.63, 3.8) is 0 Å². The number of thiocarbonyl (C=S) groups is 1. The van der Waals surface area contributed by atoms with Gasteiger partial charge >= 0.3 is 0 Å². The fraction of sp³-hybridized carbons (Fsp3) is 0.474. The Morgan fingerprint density at radius 3 is 2.66 bits per heavy atom. The smallest absolute Gasteiger partial charge is 0.273 e. The molecule has 1 saturated heterocycles. The monoisotopic (exact) mass is 418 g/mol. The molecule has 0 atom stereocenters. The number of benzene rings is 1. The lowest BCUT2D eigenvalue weighted by molar-refractivity contribution is -0.384. The van der Waals surface area contributed by atoms with E-state index < -0.39 is 4.92 Å². The SMILES string of the molecule is CCn1ncc(CN2CCN(C(=S)Nc3ccc([N+](=O)[O-])cc3OC)CC2)c1C. The molecule has 0 radical (unpaired) electrons. The van der Waals surface area contributed by atoms with E-state index in [0.29, 0.717) is 16.5 Å². The second kappa shape index (κ2) is 9.19. The molecule has 1 aromatic heterocycles. The Labute approximate surface area is 175 Å². The van der Waals surface area contributed by atoms with Gasteiger partial charge in [-0.1, -0.05) is 0 Å². The van der Waals surface area contributed by atoms with Crippen LogP contribution < -0.4 is 10.1 Å². The van der Waals surface area contributed by atoms with E-state index in [9.17, 15) is 10.1 Å². The van der Waals surface area contributed by atoms with Crippen LogP contribution in [0.25, 0.3) is 0 Å². The lowest BCUT2D eigenvalue weighted by atomic mass is 10.2. The van der Waals surface area contributed by atoms with Crippen molar-refractivity contribution in [1.82, 2.24) is 19.6 Å². The van der Waals surface area contributed by atoms with Crippen molar-refractivity contribution >= 4 is 28.7 Å². The van der Waals surface area contributed by atoms with Crippen molar-refractivity contribution in [2.45, 2.75) is 26.9 Å². The van der Waals surface area contributed by atoms with E-state index in [1.165, 1.54) is 30.5 Å². The van der Waals surface area contributed by atoms with Gasteiger partial charge in [0.25, 0.3) is 5.69 Å². The largest absolute Gasteiger partial charge is 0.494 e. The summed E-state index contributed by atoms with van der Waals surface area (Å²) >= 11 is 5.55. The number of nitrogens with one attached hydrogen (secondary N) is 1. The number of piperazine rings is 1. The van der Waals surface area contributed by atoms with Gasteiger partial charge in [-0.25, -0.2) is 0 Å². The maximum absolute atomic E-state index is 10.9. The van der Waals surface area contributed by atoms with E-state index in [4.69, 9.17) is 17.0 Å². The fourth-order valence-electron chi connectivity index (χ4n) is 3.40.